The van der Waals surface area contributed by atoms with E-state index in [1.807, 2.05) is 0 Å². The molecule has 2 rings (SSSR count). The van der Waals surface area contributed by atoms with Gasteiger partial charge in [0.25, 0.3) is 0 Å². The molecule has 0 radical (unpaired) electrons. The molecular formula is C12H21N3O2. The van der Waals surface area contributed by atoms with E-state index in [9.17, 15) is 9.59 Å². The fourth-order valence-corrected chi connectivity index (χ4v) is 2.70. The Morgan fingerprint density at radius 2 is 2.18 bits per heavy atom. The summed E-state index contributed by atoms with van der Waals surface area (Å²) in [5.41, 5.74) is 5.90. The molecule has 0 spiro atoms. The summed E-state index contributed by atoms with van der Waals surface area (Å²) >= 11 is 0. The Morgan fingerprint density at radius 1 is 1.35 bits per heavy atom. The van der Waals surface area contributed by atoms with Crippen LogP contribution in [0.15, 0.2) is 0 Å². The normalized spacial score (nSPS) is 30.6. The average Bonchev–Trinajstić information content (AvgIpc) is 2.53. The zero-order valence-corrected chi connectivity index (χ0v) is 10.2. The zero-order chi connectivity index (χ0) is 12.3. The van der Waals surface area contributed by atoms with E-state index in [1.54, 1.807) is 4.90 Å². The topological polar surface area (TPSA) is 75.4 Å². The first kappa shape index (κ1) is 12.4. The van der Waals surface area contributed by atoms with Crippen LogP contribution in [-0.4, -0.2) is 42.4 Å². The van der Waals surface area contributed by atoms with Crippen LogP contribution in [0.25, 0.3) is 0 Å². The molecule has 2 unspecified atom stereocenters. The fraction of sp³-hybridized carbons (Fsp3) is 0.833. The molecule has 0 bridgehead atoms. The predicted molar refractivity (Wildman–Crippen MR) is 64.1 cm³/mol. The summed E-state index contributed by atoms with van der Waals surface area (Å²) in [7, 11) is 0. The Bertz CT molecular complexity index is 306. The van der Waals surface area contributed by atoms with Gasteiger partial charge in [0.05, 0.1) is 6.54 Å². The van der Waals surface area contributed by atoms with Crippen molar-refractivity contribution in [2.45, 2.75) is 38.1 Å². The molecule has 17 heavy (non-hydrogen) atoms. The molecule has 5 nitrogen and oxygen atoms in total. The highest BCUT2D eigenvalue weighted by Crippen LogP contribution is 2.25. The van der Waals surface area contributed by atoms with Gasteiger partial charge < -0.3 is 16.0 Å². The van der Waals surface area contributed by atoms with Gasteiger partial charge in [-0.15, -0.1) is 0 Å². The third-order valence-corrected chi connectivity index (χ3v) is 3.64. The monoisotopic (exact) mass is 239 g/mol. The number of carbonyl (C=O) groups excluding carboxylic acids is 2. The van der Waals surface area contributed by atoms with Crippen molar-refractivity contribution in [2.75, 3.05) is 19.6 Å². The Balaban J connectivity index is 1.95. The first-order valence-corrected chi connectivity index (χ1v) is 6.48. The van der Waals surface area contributed by atoms with Gasteiger partial charge in [-0.2, -0.15) is 0 Å². The van der Waals surface area contributed by atoms with E-state index in [0.29, 0.717) is 13.1 Å². The van der Waals surface area contributed by atoms with Crippen molar-refractivity contribution in [3.8, 4) is 0 Å². The molecule has 0 aromatic carbocycles. The van der Waals surface area contributed by atoms with Gasteiger partial charge in [-0.1, -0.05) is 6.42 Å². The van der Waals surface area contributed by atoms with Crippen LogP contribution in [0.4, 0.5) is 0 Å². The van der Waals surface area contributed by atoms with E-state index in [0.717, 1.165) is 32.1 Å². The van der Waals surface area contributed by atoms with E-state index >= 15 is 0 Å². The number of nitrogens with zero attached hydrogens (tertiary/aromatic N) is 1. The fourth-order valence-electron chi connectivity index (χ4n) is 2.70. The molecule has 2 atom stereocenters. The third kappa shape index (κ3) is 3.19. The maximum Gasteiger partial charge on any atom is 0.239 e. The number of rotatable bonds is 1. The van der Waals surface area contributed by atoms with Crippen molar-refractivity contribution >= 4 is 11.8 Å². The summed E-state index contributed by atoms with van der Waals surface area (Å²) in [5.74, 6) is 0.109. The van der Waals surface area contributed by atoms with Crippen LogP contribution in [0.3, 0.4) is 0 Å². The molecule has 0 aromatic heterocycles. The molecule has 2 amide bonds. The van der Waals surface area contributed by atoms with E-state index in [-0.39, 0.29) is 30.3 Å². The minimum absolute atomic E-state index is 0.0321. The summed E-state index contributed by atoms with van der Waals surface area (Å²) < 4.78 is 0. The van der Waals surface area contributed by atoms with Crippen LogP contribution >= 0.6 is 0 Å². The molecule has 1 saturated carbocycles. The molecule has 1 aliphatic heterocycles. The molecule has 96 valence electrons. The van der Waals surface area contributed by atoms with Crippen LogP contribution < -0.4 is 11.1 Å². The molecule has 1 heterocycles. The average molecular weight is 239 g/mol. The summed E-state index contributed by atoms with van der Waals surface area (Å²) in [4.78, 5) is 25.4. The van der Waals surface area contributed by atoms with Crippen molar-refractivity contribution in [3.63, 3.8) is 0 Å². The number of nitrogens with one attached hydrogen (secondary N) is 1. The van der Waals surface area contributed by atoms with Crippen molar-refractivity contribution in [3.05, 3.63) is 0 Å². The van der Waals surface area contributed by atoms with Crippen molar-refractivity contribution in [1.29, 1.82) is 0 Å². The summed E-state index contributed by atoms with van der Waals surface area (Å²) in [6.07, 6.45) is 4.58. The minimum atomic E-state index is -0.0454. The van der Waals surface area contributed by atoms with Gasteiger partial charge in [-0.3, -0.25) is 9.59 Å². The maximum absolute atomic E-state index is 12.3. The van der Waals surface area contributed by atoms with E-state index in [2.05, 4.69) is 5.32 Å². The molecule has 3 N–H and O–H groups in total. The lowest BCUT2D eigenvalue weighted by Crippen LogP contribution is -2.43. The number of carbonyl (C=O) groups is 2. The highest BCUT2D eigenvalue weighted by molar-refractivity contribution is 5.86. The largest absolute Gasteiger partial charge is 0.354 e. The highest BCUT2D eigenvalue weighted by atomic mass is 16.2. The Kier molecular flexibility index (Phi) is 3.99. The van der Waals surface area contributed by atoms with Gasteiger partial charge in [-0.25, -0.2) is 0 Å². The summed E-state index contributed by atoms with van der Waals surface area (Å²) in [5, 5.41) is 2.78. The zero-order valence-electron chi connectivity index (χ0n) is 10.2. The molecule has 0 aromatic rings. The van der Waals surface area contributed by atoms with Gasteiger partial charge in [0.15, 0.2) is 0 Å². The lowest BCUT2D eigenvalue weighted by Gasteiger charge is -2.30. The lowest BCUT2D eigenvalue weighted by atomic mass is 9.85. The maximum atomic E-state index is 12.3. The van der Waals surface area contributed by atoms with Crippen molar-refractivity contribution in [2.24, 2.45) is 11.7 Å². The Morgan fingerprint density at radius 3 is 2.94 bits per heavy atom. The Labute approximate surface area is 102 Å². The van der Waals surface area contributed by atoms with E-state index in [4.69, 9.17) is 5.73 Å². The highest BCUT2D eigenvalue weighted by Gasteiger charge is 2.30. The molecular weight excluding hydrogens is 218 g/mol. The van der Waals surface area contributed by atoms with E-state index in [1.165, 1.54) is 0 Å². The smallest absolute Gasteiger partial charge is 0.239 e. The summed E-state index contributed by atoms with van der Waals surface area (Å²) in [6.45, 7) is 1.57. The molecule has 1 saturated heterocycles. The van der Waals surface area contributed by atoms with Crippen LogP contribution in [-0.2, 0) is 9.59 Å². The van der Waals surface area contributed by atoms with Gasteiger partial charge in [0.1, 0.15) is 0 Å². The van der Waals surface area contributed by atoms with Crippen LogP contribution in [0.1, 0.15) is 32.1 Å². The number of nitrogens with two attached hydrogens (primary N) is 1. The number of hydrogen-bond donors (Lipinski definition) is 2. The Hall–Kier alpha value is -1.10. The van der Waals surface area contributed by atoms with Crippen LogP contribution in [0.2, 0.25) is 0 Å². The second-order valence-corrected chi connectivity index (χ2v) is 5.09. The first-order chi connectivity index (χ1) is 8.16. The number of amides is 2. The molecule has 2 aliphatic rings. The quantitative estimate of drug-likeness (QED) is 0.668. The van der Waals surface area contributed by atoms with Gasteiger partial charge in [0, 0.05) is 25.0 Å². The second kappa shape index (κ2) is 5.49. The van der Waals surface area contributed by atoms with Crippen molar-refractivity contribution in [1.82, 2.24) is 10.2 Å². The third-order valence-electron chi connectivity index (χ3n) is 3.64. The van der Waals surface area contributed by atoms with Gasteiger partial charge in [0.2, 0.25) is 11.8 Å². The van der Waals surface area contributed by atoms with Crippen LogP contribution in [0, 0.1) is 5.92 Å². The number of hydrogen-bond acceptors (Lipinski definition) is 3. The van der Waals surface area contributed by atoms with Gasteiger partial charge >= 0.3 is 0 Å². The predicted octanol–water partition coefficient (Wildman–Crippen LogP) is -0.148. The molecule has 1 aliphatic carbocycles. The summed E-state index contributed by atoms with van der Waals surface area (Å²) in [6, 6.07) is 0.151. The second-order valence-electron chi connectivity index (χ2n) is 5.09. The minimum Gasteiger partial charge on any atom is -0.354 e. The van der Waals surface area contributed by atoms with E-state index < -0.39 is 0 Å². The standard InChI is InChI=1S/C12H21N3O2/c13-10-4-1-3-9(7-10)12(17)15-6-2-5-14-11(16)8-15/h9-10H,1-8,13H2,(H,14,16). The molecule has 5 heteroatoms. The van der Waals surface area contributed by atoms with Crippen LogP contribution in [0.5, 0.6) is 0 Å². The first-order valence-electron chi connectivity index (χ1n) is 6.48. The SMILES string of the molecule is NC1CCCC(C(=O)N2CCCNC(=O)C2)C1. The van der Waals surface area contributed by atoms with Crippen molar-refractivity contribution < 1.29 is 9.59 Å². The van der Waals surface area contributed by atoms with Gasteiger partial charge in [-0.05, 0) is 25.7 Å². The molecule has 2 fully saturated rings. The lowest BCUT2D eigenvalue weighted by molar-refractivity contribution is -0.139.